The number of unbranched alkanes of at least 4 members (excludes halogenated alkanes) is 1. The van der Waals surface area contributed by atoms with E-state index in [1.165, 1.54) is 6.42 Å². The van der Waals surface area contributed by atoms with Gasteiger partial charge in [-0.15, -0.1) is 11.8 Å². The van der Waals surface area contributed by atoms with Crippen molar-refractivity contribution in [2.45, 2.75) is 95.3 Å². The fraction of sp³-hybridized carbons (Fsp3) is 0.636. The van der Waals surface area contributed by atoms with Crippen LogP contribution in [0.2, 0.25) is 0 Å². The number of ketones is 1. The van der Waals surface area contributed by atoms with Crippen LogP contribution in [0.25, 0.3) is 0 Å². The van der Waals surface area contributed by atoms with E-state index in [1.807, 2.05) is 17.9 Å². The zero-order chi connectivity index (χ0) is 28.6. The molecule has 218 valence electrons. The summed E-state index contributed by atoms with van der Waals surface area (Å²) in [6.45, 7) is 8.02. The molecule has 0 radical (unpaired) electrons. The Hall–Kier alpha value is -2.43. The number of carbonyl (C=O) groups excluding carboxylic acids is 2. The van der Waals surface area contributed by atoms with Crippen LogP contribution >= 0.6 is 0 Å². The lowest BCUT2D eigenvalue weighted by atomic mass is 9.57. The highest BCUT2D eigenvalue weighted by atomic mass is 32.2. The van der Waals surface area contributed by atoms with E-state index in [0.717, 1.165) is 64.2 Å². The number of piperidine rings is 1. The maximum Gasteiger partial charge on any atom is 0.243 e. The van der Waals surface area contributed by atoms with E-state index >= 15 is 0 Å². The van der Waals surface area contributed by atoms with Crippen molar-refractivity contribution in [3.05, 3.63) is 42.5 Å². The minimum Gasteiger partial charge on any atom is -0.342 e. The second kappa shape index (κ2) is 14.0. The number of hydrogen-bond donors (Lipinski definition) is 0. The van der Waals surface area contributed by atoms with Gasteiger partial charge in [0, 0.05) is 49.9 Å². The quantitative estimate of drug-likeness (QED) is 0.249. The van der Waals surface area contributed by atoms with Gasteiger partial charge in [0.05, 0.1) is 4.90 Å². The number of rotatable bonds is 5. The number of Topliss-reactive ketones (excluding diaryl/α,β-unsaturated/α-hetero) is 1. The van der Waals surface area contributed by atoms with E-state index in [4.69, 9.17) is 0 Å². The summed E-state index contributed by atoms with van der Waals surface area (Å²) in [5.41, 5.74) is 0.285. The molecule has 3 unspecified atom stereocenters. The highest BCUT2D eigenvalue weighted by Crippen LogP contribution is 2.52. The number of nitrogens with zero attached hydrogens (tertiary/aromatic N) is 2. The zero-order valence-corrected chi connectivity index (χ0v) is 25.0. The summed E-state index contributed by atoms with van der Waals surface area (Å²) < 4.78 is 28.9. The van der Waals surface area contributed by atoms with E-state index in [1.54, 1.807) is 28.6 Å². The topological polar surface area (TPSA) is 74.8 Å². The Labute approximate surface area is 241 Å². The number of sulfonamides is 1. The van der Waals surface area contributed by atoms with Gasteiger partial charge in [0.25, 0.3) is 0 Å². The Kier molecular flexibility index (Phi) is 10.7. The second-order valence-corrected chi connectivity index (χ2v) is 13.9. The number of likely N-dealkylation sites (tertiary alicyclic amines) is 1. The van der Waals surface area contributed by atoms with Crippen molar-refractivity contribution in [2.24, 2.45) is 17.3 Å². The summed E-state index contributed by atoms with van der Waals surface area (Å²) in [6.07, 6.45) is 12.0. The van der Waals surface area contributed by atoms with E-state index in [2.05, 4.69) is 18.4 Å². The highest BCUT2D eigenvalue weighted by molar-refractivity contribution is 7.89. The van der Waals surface area contributed by atoms with Gasteiger partial charge in [0.1, 0.15) is 0 Å². The minimum atomic E-state index is -3.71. The minimum absolute atomic E-state index is 0.0255. The van der Waals surface area contributed by atoms with Gasteiger partial charge in [-0.3, -0.25) is 9.59 Å². The number of hydrogen-bond acceptors (Lipinski definition) is 4. The molecule has 1 saturated carbocycles. The standard InChI is InChI=1S/C33H46N2O4S/c1-3-4-5-16-22-34-26-33-21-15-10-8-6-7-9-11-17-23-35(40(38,39)28-18-13-12-14-19-28)24-20-29(31(36)27(33)2)30(25-33)32(34)37/h12-14,18-19,29-30H,2,5-11,15-17,20-26H2,1H3. The van der Waals surface area contributed by atoms with Gasteiger partial charge in [0.15, 0.2) is 5.78 Å². The van der Waals surface area contributed by atoms with Crippen LogP contribution in [0.1, 0.15) is 90.4 Å². The Morgan fingerprint density at radius 3 is 2.33 bits per heavy atom. The van der Waals surface area contributed by atoms with E-state index < -0.39 is 21.9 Å². The summed E-state index contributed by atoms with van der Waals surface area (Å²) in [7, 11) is -3.71. The van der Waals surface area contributed by atoms with Crippen molar-refractivity contribution >= 4 is 21.7 Å². The predicted molar refractivity (Wildman–Crippen MR) is 159 cm³/mol. The molecule has 0 aromatic heterocycles. The summed E-state index contributed by atoms with van der Waals surface area (Å²) in [5, 5.41) is 0. The third-order valence-corrected chi connectivity index (χ3v) is 11.2. The normalized spacial score (nSPS) is 27.6. The first-order valence-corrected chi connectivity index (χ1v) is 16.7. The van der Waals surface area contributed by atoms with Gasteiger partial charge in [-0.05, 0) is 56.7 Å². The Balaban J connectivity index is 1.62. The molecular weight excluding hydrogens is 520 g/mol. The van der Waals surface area contributed by atoms with Gasteiger partial charge in [-0.25, -0.2) is 8.42 Å². The van der Waals surface area contributed by atoms with Crippen molar-refractivity contribution in [2.75, 3.05) is 26.2 Å². The van der Waals surface area contributed by atoms with Crippen LogP contribution < -0.4 is 0 Å². The molecule has 3 aliphatic rings. The van der Waals surface area contributed by atoms with E-state index in [0.29, 0.717) is 38.0 Å². The molecule has 1 aromatic rings. The van der Waals surface area contributed by atoms with Crippen LogP contribution in [-0.4, -0.2) is 55.5 Å². The molecule has 0 N–H and O–H groups in total. The average molecular weight is 567 g/mol. The average Bonchev–Trinajstić information content (AvgIpc) is 2.96. The lowest BCUT2D eigenvalue weighted by molar-refractivity contribution is -0.153. The van der Waals surface area contributed by atoms with Crippen LogP contribution in [0.15, 0.2) is 47.4 Å². The predicted octanol–water partition coefficient (Wildman–Crippen LogP) is 5.99. The molecule has 2 aliphatic heterocycles. The van der Waals surface area contributed by atoms with Crippen LogP contribution in [0.3, 0.4) is 0 Å². The van der Waals surface area contributed by atoms with Gasteiger partial charge >= 0.3 is 0 Å². The van der Waals surface area contributed by atoms with Crippen LogP contribution in [0, 0.1) is 29.1 Å². The van der Waals surface area contributed by atoms with Crippen molar-refractivity contribution in [1.82, 2.24) is 9.21 Å². The van der Waals surface area contributed by atoms with Crippen molar-refractivity contribution in [3.8, 4) is 11.8 Å². The molecule has 2 saturated heterocycles. The number of amides is 1. The lowest BCUT2D eigenvalue weighted by Crippen LogP contribution is -2.59. The molecule has 40 heavy (non-hydrogen) atoms. The van der Waals surface area contributed by atoms with E-state index in [-0.39, 0.29) is 28.5 Å². The molecule has 1 aliphatic carbocycles. The smallest absolute Gasteiger partial charge is 0.243 e. The third kappa shape index (κ3) is 6.89. The second-order valence-electron chi connectivity index (χ2n) is 11.9. The number of benzene rings is 1. The van der Waals surface area contributed by atoms with Gasteiger partial charge in [-0.1, -0.05) is 69.7 Å². The van der Waals surface area contributed by atoms with Crippen molar-refractivity contribution in [1.29, 1.82) is 0 Å². The summed E-state index contributed by atoms with van der Waals surface area (Å²) >= 11 is 0. The first-order valence-electron chi connectivity index (χ1n) is 15.3. The molecule has 3 atom stereocenters. The molecule has 1 spiro atoms. The molecule has 1 aromatic carbocycles. The highest BCUT2D eigenvalue weighted by Gasteiger charge is 2.55. The molecule has 3 bridgehead atoms. The monoisotopic (exact) mass is 566 g/mol. The van der Waals surface area contributed by atoms with Gasteiger partial charge in [-0.2, -0.15) is 4.31 Å². The summed E-state index contributed by atoms with van der Waals surface area (Å²) in [6, 6.07) is 8.55. The largest absolute Gasteiger partial charge is 0.342 e. The molecule has 6 nitrogen and oxygen atoms in total. The van der Waals surface area contributed by atoms with Crippen LogP contribution in [0.4, 0.5) is 0 Å². The van der Waals surface area contributed by atoms with E-state index in [9.17, 15) is 18.0 Å². The third-order valence-electron chi connectivity index (χ3n) is 9.28. The Morgan fingerprint density at radius 1 is 0.950 bits per heavy atom. The Bertz CT molecular complexity index is 1220. The molecule has 2 heterocycles. The fourth-order valence-electron chi connectivity index (χ4n) is 6.98. The maximum absolute atomic E-state index is 13.9. The van der Waals surface area contributed by atoms with Crippen LogP contribution in [-0.2, 0) is 19.6 Å². The van der Waals surface area contributed by atoms with Gasteiger partial charge in [0.2, 0.25) is 15.9 Å². The first-order chi connectivity index (χ1) is 19.3. The maximum atomic E-state index is 13.9. The lowest BCUT2D eigenvalue weighted by Gasteiger charge is -2.52. The van der Waals surface area contributed by atoms with Gasteiger partial charge < -0.3 is 4.90 Å². The summed E-state index contributed by atoms with van der Waals surface area (Å²) in [4.78, 5) is 29.9. The molecule has 7 heteroatoms. The molecule has 4 rings (SSSR count). The zero-order valence-electron chi connectivity index (χ0n) is 24.2. The van der Waals surface area contributed by atoms with Crippen molar-refractivity contribution in [3.63, 3.8) is 0 Å². The number of carbonyl (C=O) groups is 2. The first kappa shape index (κ1) is 30.5. The van der Waals surface area contributed by atoms with Crippen molar-refractivity contribution < 1.29 is 18.0 Å². The fourth-order valence-corrected chi connectivity index (χ4v) is 8.49. The summed E-state index contributed by atoms with van der Waals surface area (Å²) in [5.74, 6) is 5.09. The molecule has 3 fully saturated rings. The SMILES string of the molecule is C=C1C(=O)C2CCN(S(=O)(=O)c3ccccc3)CCCCCCCCCCC13CC2C(=O)N(CCCC#CC)C3. The Morgan fingerprint density at radius 2 is 1.62 bits per heavy atom. The molecular formula is C33H46N2O4S. The number of fused-ring (bicyclic) bond motifs is 4. The molecule has 1 amide bonds. The van der Waals surface area contributed by atoms with Crippen LogP contribution in [0.5, 0.6) is 0 Å².